The molecular formula is C13H25N3O2. The fraction of sp³-hybridized carbons (Fsp3) is 0.846. The van der Waals surface area contributed by atoms with Gasteiger partial charge in [0.2, 0.25) is 11.8 Å². The van der Waals surface area contributed by atoms with Crippen molar-refractivity contribution in [3.8, 4) is 0 Å². The van der Waals surface area contributed by atoms with Gasteiger partial charge in [-0.1, -0.05) is 6.92 Å². The minimum absolute atomic E-state index is 0.0146. The predicted molar refractivity (Wildman–Crippen MR) is 70.8 cm³/mol. The maximum absolute atomic E-state index is 12.2. The molecule has 1 saturated carbocycles. The van der Waals surface area contributed by atoms with Crippen molar-refractivity contribution in [1.82, 2.24) is 10.6 Å². The number of hydrogen-bond acceptors (Lipinski definition) is 3. The SMILES string of the molecule is CNC(=O)CCNC(=O)C1(CN)CCC(C)CC1. The predicted octanol–water partition coefficient (Wildman–Crippen LogP) is 0.394. The Balaban J connectivity index is 2.44. The summed E-state index contributed by atoms with van der Waals surface area (Å²) >= 11 is 0. The second-order valence-corrected chi connectivity index (χ2v) is 5.35. The Labute approximate surface area is 109 Å². The van der Waals surface area contributed by atoms with Gasteiger partial charge in [0.25, 0.3) is 0 Å². The largest absolute Gasteiger partial charge is 0.359 e. The lowest BCUT2D eigenvalue weighted by Gasteiger charge is -2.37. The summed E-state index contributed by atoms with van der Waals surface area (Å²) in [6.45, 7) is 2.99. The third kappa shape index (κ3) is 3.70. The van der Waals surface area contributed by atoms with E-state index in [0.29, 0.717) is 25.4 Å². The molecule has 5 nitrogen and oxygen atoms in total. The van der Waals surface area contributed by atoms with Crippen LogP contribution in [0.5, 0.6) is 0 Å². The van der Waals surface area contributed by atoms with Gasteiger partial charge in [-0.05, 0) is 31.6 Å². The normalized spacial score (nSPS) is 27.6. The maximum atomic E-state index is 12.2. The molecular weight excluding hydrogens is 230 g/mol. The van der Waals surface area contributed by atoms with Crippen LogP contribution in [0.1, 0.15) is 39.0 Å². The van der Waals surface area contributed by atoms with Gasteiger partial charge >= 0.3 is 0 Å². The van der Waals surface area contributed by atoms with E-state index >= 15 is 0 Å². The number of rotatable bonds is 5. The molecule has 0 atom stereocenters. The Bertz CT molecular complexity index is 297. The van der Waals surface area contributed by atoms with Gasteiger partial charge in [-0.25, -0.2) is 0 Å². The molecule has 0 aliphatic heterocycles. The van der Waals surface area contributed by atoms with Crippen LogP contribution in [0.15, 0.2) is 0 Å². The third-order valence-corrected chi connectivity index (χ3v) is 4.02. The van der Waals surface area contributed by atoms with Crippen molar-refractivity contribution in [2.45, 2.75) is 39.0 Å². The number of carbonyl (C=O) groups is 2. The third-order valence-electron chi connectivity index (χ3n) is 4.02. The van der Waals surface area contributed by atoms with Crippen molar-refractivity contribution in [2.75, 3.05) is 20.1 Å². The van der Waals surface area contributed by atoms with Crippen LogP contribution >= 0.6 is 0 Å². The molecule has 104 valence electrons. The standard InChI is InChI=1S/C13H25N3O2/c1-10-3-6-13(9-14,7-4-10)12(18)16-8-5-11(17)15-2/h10H,3-9,14H2,1-2H3,(H,15,17)(H,16,18). The highest BCUT2D eigenvalue weighted by molar-refractivity contribution is 5.83. The lowest BCUT2D eigenvalue weighted by molar-refractivity contribution is -0.132. The van der Waals surface area contributed by atoms with Gasteiger partial charge in [-0.15, -0.1) is 0 Å². The van der Waals surface area contributed by atoms with Crippen LogP contribution in [-0.4, -0.2) is 32.0 Å². The number of nitrogens with one attached hydrogen (secondary N) is 2. The van der Waals surface area contributed by atoms with Crippen molar-refractivity contribution >= 4 is 11.8 Å². The summed E-state index contributed by atoms with van der Waals surface area (Å²) in [6.07, 6.45) is 4.15. The van der Waals surface area contributed by atoms with E-state index in [1.54, 1.807) is 7.05 Å². The van der Waals surface area contributed by atoms with Gasteiger partial charge in [0.15, 0.2) is 0 Å². The van der Waals surface area contributed by atoms with Gasteiger partial charge in [-0.2, -0.15) is 0 Å². The monoisotopic (exact) mass is 255 g/mol. The quantitative estimate of drug-likeness (QED) is 0.664. The van der Waals surface area contributed by atoms with E-state index in [0.717, 1.165) is 25.7 Å². The Morgan fingerprint density at radius 1 is 1.33 bits per heavy atom. The molecule has 4 N–H and O–H groups in total. The van der Waals surface area contributed by atoms with E-state index in [-0.39, 0.29) is 11.8 Å². The molecule has 5 heteroatoms. The first kappa shape index (κ1) is 15.0. The first-order chi connectivity index (χ1) is 8.54. The summed E-state index contributed by atoms with van der Waals surface area (Å²) in [5.41, 5.74) is 5.39. The Morgan fingerprint density at radius 3 is 2.44 bits per heavy atom. The van der Waals surface area contributed by atoms with E-state index in [4.69, 9.17) is 5.73 Å². The second-order valence-electron chi connectivity index (χ2n) is 5.35. The fourth-order valence-electron chi connectivity index (χ4n) is 2.44. The average Bonchev–Trinajstić information content (AvgIpc) is 2.39. The van der Waals surface area contributed by atoms with Crippen molar-refractivity contribution in [1.29, 1.82) is 0 Å². The van der Waals surface area contributed by atoms with Gasteiger partial charge in [0.1, 0.15) is 0 Å². The molecule has 0 saturated heterocycles. The zero-order chi connectivity index (χ0) is 13.6. The van der Waals surface area contributed by atoms with E-state index < -0.39 is 5.41 Å². The van der Waals surface area contributed by atoms with Crippen LogP contribution in [0.25, 0.3) is 0 Å². The Hall–Kier alpha value is -1.10. The fourth-order valence-corrected chi connectivity index (χ4v) is 2.44. The minimum Gasteiger partial charge on any atom is -0.359 e. The first-order valence-electron chi connectivity index (χ1n) is 6.73. The summed E-state index contributed by atoms with van der Waals surface area (Å²) < 4.78 is 0. The summed E-state index contributed by atoms with van der Waals surface area (Å²) in [5.74, 6) is 0.638. The number of hydrogen-bond donors (Lipinski definition) is 3. The number of amides is 2. The lowest BCUT2D eigenvalue weighted by Crippen LogP contribution is -2.48. The van der Waals surface area contributed by atoms with Crippen molar-refractivity contribution in [3.63, 3.8) is 0 Å². The van der Waals surface area contributed by atoms with Gasteiger partial charge in [-0.3, -0.25) is 9.59 Å². The summed E-state index contributed by atoms with van der Waals surface area (Å²) in [4.78, 5) is 23.3. The Kier molecular flexibility index (Phi) is 5.59. The lowest BCUT2D eigenvalue weighted by atomic mass is 9.70. The summed E-state index contributed by atoms with van der Waals surface area (Å²) in [5, 5.41) is 5.38. The molecule has 1 aliphatic carbocycles. The van der Waals surface area contributed by atoms with Crippen LogP contribution in [0.2, 0.25) is 0 Å². The molecule has 18 heavy (non-hydrogen) atoms. The van der Waals surface area contributed by atoms with E-state index in [1.165, 1.54) is 0 Å². The minimum atomic E-state index is -0.408. The molecule has 0 heterocycles. The smallest absolute Gasteiger partial charge is 0.227 e. The van der Waals surface area contributed by atoms with Crippen LogP contribution in [0.4, 0.5) is 0 Å². The zero-order valence-electron chi connectivity index (χ0n) is 11.4. The highest BCUT2D eigenvalue weighted by Crippen LogP contribution is 2.38. The van der Waals surface area contributed by atoms with Gasteiger partial charge in [0.05, 0.1) is 5.41 Å². The van der Waals surface area contributed by atoms with Crippen LogP contribution in [-0.2, 0) is 9.59 Å². The Morgan fingerprint density at radius 2 is 1.94 bits per heavy atom. The molecule has 0 aromatic heterocycles. The molecule has 0 bridgehead atoms. The topological polar surface area (TPSA) is 84.2 Å². The summed E-state index contributed by atoms with van der Waals surface area (Å²) in [7, 11) is 1.59. The molecule has 0 aromatic carbocycles. The van der Waals surface area contributed by atoms with Crippen molar-refractivity contribution in [2.24, 2.45) is 17.1 Å². The van der Waals surface area contributed by atoms with E-state index in [9.17, 15) is 9.59 Å². The molecule has 0 unspecified atom stereocenters. The number of carbonyl (C=O) groups excluding carboxylic acids is 2. The van der Waals surface area contributed by atoms with Crippen molar-refractivity contribution < 1.29 is 9.59 Å². The molecule has 0 radical (unpaired) electrons. The van der Waals surface area contributed by atoms with Gasteiger partial charge in [0, 0.05) is 26.6 Å². The molecule has 1 aliphatic rings. The molecule has 1 rings (SSSR count). The van der Waals surface area contributed by atoms with E-state index in [1.807, 2.05) is 0 Å². The van der Waals surface area contributed by atoms with E-state index in [2.05, 4.69) is 17.6 Å². The van der Waals surface area contributed by atoms with Gasteiger partial charge < -0.3 is 16.4 Å². The highest BCUT2D eigenvalue weighted by Gasteiger charge is 2.39. The second kappa shape index (κ2) is 6.73. The first-order valence-corrected chi connectivity index (χ1v) is 6.73. The van der Waals surface area contributed by atoms with Crippen molar-refractivity contribution in [3.05, 3.63) is 0 Å². The van der Waals surface area contributed by atoms with Crippen LogP contribution in [0.3, 0.4) is 0 Å². The summed E-state index contributed by atoms with van der Waals surface area (Å²) in [6, 6.07) is 0. The van der Waals surface area contributed by atoms with Crippen LogP contribution < -0.4 is 16.4 Å². The molecule has 0 aromatic rings. The van der Waals surface area contributed by atoms with Crippen LogP contribution in [0, 0.1) is 11.3 Å². The molecule has 0 spiro atoms. The zero-order valence-corrected chi connectivity index (χ0v) is 11.4. The highest BCUT2D eigenvalue weighted by atomic mass is 16.2. The number of nitrogens with two attached hydrogens (primary N) is 1. The average molecular weight is 255 g/mol. The molecule has 2 amide bonds. The maximum Gasteiger partial charge on any atom is 0.227 e. The molecule has 1 fully saturated rings.